The Labute approximate surface area is 162 Å². The van der Waals surface area contributed by atoms with Gasteiger partial charge >= 0.3 is 23.5 Å². The van der Waals surface area contributed by atoms with Gasteiger partial charge in [0.1, 0.15) is 18.0 Å². The molecule has 0 aromatic heterocycles. The van der Waals surface area contributed by atoms with Crippen LogP contribution in [0.5, 0.6) is 0 Å². The highest BCUT2D eigenvalue weighted by atomic mass is 31.3. The lowest BCUT2D eigenvalue weighted by Gasteiger charge is -2.33. The summed E-state index contributed by atoms with van der Waals surface area (Å²) < 4.78 is 45.1. The van der Waals surface area contributed by atoms with E-state index in [-0.39, 0.29) is 11.4 Å². The maximum absolute atomic E-state index is 11.7. The van der Waals surface area contributed by atoms with Gasteiger partial charge < -0.3 is 45.5 Å². The molecule has 2 rings (SSSR count). The summed E-state index contributed by atoms with van der Waals surface area (Å²) >= 11 is 0. The zero-order chi connectivity index (χ0) is 22.2. The topological polar surface area (TPSA) is 262 Å². The van der Waals surface area contributed by atoms with Crippen LogP contribution in [0.15, 0.2) is 28.9 Å². The summed E-state index contributed by atoms with van der Waals surface area (Å²) in [6.45, 7) is -0.905. The van der Waals surface area contributed by atoms with Crippen LogP contribution in [-0.2, 0) is 26.8 Å². The number of amidine groups is 1. The van der Waals surface area contributed by atoms with E-state index in [1.807, 2.05) is 0 Å². The molecular formula is C10H18N3O13P3. The van der Waals surface area contributed by atoms with Crippen molar-refractivity contribution >= 4 is 29.3 Å². The third-order valence-electron chi connectivity index (χ3n) is 3.54. The molecule has 0 bridgehead atoms. The van der Waals surface area contributed by atoms with Gasteiger partial charge in [-0.05, 0) is 11.6 Å². The summed E-state index contributed by atoms with van der Waals surface area (Å²) in [5.41, 5.74) is 5.24. The monoisotopic (exact) mass is 481 g/mol. The molecule has 0 aromatic carbocycles. The Kier molecular flexibility index (Phi) is 7.25. The molecule has 0 radical (unpaired) electrons. The van der Waals surface area contributed by atoms with Crippen LogP contribution in [0.1, 0.15) is 0 Å². The van der Waals surface area contributed by atoms with Gasteiger partial charge in [-0.2, -0.15) is 8.62 Å². The minimum Gasteiger partial charge on any atom is -0.388 e. The van der Waals surface area contributed by atoms with Crippen molar-refractivity contribution in [3.05, 3.63) is 23.9 Å². The molecule has 166 valence electrons. The molecule has 1 aliphatic heterocycles. The van der Waals surface area contributed by atoms with E-state index in [1.165, 1.54) is 18.4 Å². The van der Waals surface area contributed by atoms with Crippen LogP contribution in [-0.4, -0.2) is 76.8 Å². The van der Waals surface area contributed by atoms with Gasteiger partial charge in [0.05, 0.1) is 12.6 Å². The van der Waals surface area contributed by atoms with Crippen LogP contribution < -0.4 is 5.73 Å². The second-order valence-electron chi connectivity index (χ2n) is 5.70. The fourth-order valence-corrected chi connectivity index (χ4v) is 5.42. The van der Waals surface area contributed by atoms with E-state index >= 15 is 0 Å². The molecule has 1 aliphatic carbocycles. The summed E-state index contributed by atoms with van der Waals surface area (Å²) in [5.74, 6) is 0.0126. The van der Waals surface area contributed by atoms with E-state index in [0.717, 1.165) is 4.90 Å². The molecular weight excluding hydrogens is 463 g/mol. The standard InChI is InChI=1S/C10H18N3O13P3/c11-7-1-2-13(10(16)12-7)6-3-5(8(14)9(6)15)4-24-28(20,21)26-29(22,23)25-27(17,18)19/h1-3,6,8-10,14-16H,4H2,(H2,11,12)(H,20,21)(H,22,23)(H2,17,18,19)/t6-,8-,9+,10?/m1/s1. The predicted molar refractivity (Wildman–Crippen MR) is 92.3 cm³/mol. The molecule has 19 heteroatoms. The normalized spacial score (nSPS) is 31.8. The molecule has 0 saturated carbocycles. The summed E-state index contributed by atoms with van der Waals surface area (Å²) in [6, 6.07) is -1.05. The van der Waals surface area contributed by atoms with Gasteiger partial charge in [-0.25, -0.2) is 18.7 Å². The Balaban J connectivity index is 2.05. The second-order valence-corrected chi connectivity index (χ2v) is 10.1. The number of nitrogens with two attached hydrogens (primary N) is 1. The molecule has 0 amide bonds. The number of aliphatic hydroxyl groups excluding tert-OH is 3. The van der Waals surface area contributed by atoms with Crippen molar-refractivity contribution in [2.24, 2.45) is 10.7 Å². The fraction of sp³-hybridized carbons (Fsp3) is 0.500. The van der Waals surface area contributed by atoms with Crippen molar-refractivity contribution < 1.29 is 61.7 Å². The average Bonchev–Trinajstić information content (AvgIpc) is 2.78. The summed E-state index contributed by atoms with van der Waals surface area (Å²) in [6.07, 6.45) is -0.871. The molecule has 9 N–H and O–H groups in total. The van der Waals surface area contributed by atoms with E-state index in [4.69, 9.17) is 20.4 Å². The lowest BCUT2D eigenvalue weighted by atomic mass is 10.1. The van der Waals surface area contributed by atoms with Gasteiger partial charge in [-0.1, -0.05) is 6.08 Å². The third-order valence-corrected chi connectivity index (χ3v) is 7.32. The molecule has 3 unspecified atom stereocenters. The third kappa shape index (κ3) is 6.77. The molecule has 1 heterocycles. The number of aliphatic hydroxyl groups is 3. The fourth-order valence-electron chi connectivity index (χ4n) is 2.41. The van der Waals surface area contributed by atoms with E-state index in [2.05, 4.69) is 18.1 Å². The van der Waals surface area contributed by atoms with E-state index in [1.54, 1.807) is 0 Å². The quantitative estimate of drug-likeness (QED) is 0.135. The minimum atomic E-state index is -5.68. The molecule has 0 aromatic rings. The Morgan fingerprint density at radius 2 is 1.69 bits per heavy atom. The predicted octanol–water partition coefficient (Wildman–Crippen LogP) is -2.18. The van der Waals surface area contributed by atoms with Gasteiger partial charge in [0.2, 0.25) is 6.35 Å². The molecule has 6 atom stereocenters. The zero-order valence-corrected chi connectivity index (χ0v) is 16.8. The highest BCUT2D eigenvalue weighted by molar-refractivity contribution is 7.66. The van der Waals surface area contributed by atoms with Crippen molar-refractivity contribution in [1.82, 2.24) is 4.90 Å². The average molecular weight is 481 g/mol. The number of hydrogen-bond acceptors (Lipinski definition) is 12. The molecule has 0 saturated heterocycles. The first-order chi connectivity index (χ1) is 13.1. The molecule has 2 aliphatic rings. The lowest BCUT2D eigenvalue weighted by Crippen LogP contribution is -2.47. The Morgan fingerprint density at radius 3 is 2.24 bits per heavy atom. The van der Waals surface area contributed by atoms with Crippen molar-refractivity contribution in [3.63, 3.8) is 0 Å². The Morgan fingerprint density at radius 1 is 1.07 bits per heavy atom. The number of hydrogen-bond donors (Lipinski definition) is 8. The van der Waals surface area contributed by atoms with Crippen LogP contribution in [0.25, 0.3) is 0 Å². The number of phosphoric acid groups is 3. The van der Waals surface area contributed by atoms with Gasteiger partial charge in [-0.15, -0.1) is 0 Å². The van der Waals surface area contributed by atoms with Crippen LogP contribution >= 0.6 is 23.5 Å². The van der Waals surface area contributed by atoms with Crippen molar-refractivity contribution in [2.75, 3.05) is 6.61 Å². The minimum absolute atomic E-state index is 0.0126. The smallest absolute Gasteiger partial charge is 0.388 e. The first-order valence-electron chi connectivity index (χ1n) is 7.42. The highest BCUT2D eigenvalue weighted by Gasteiger charge is 2.43. The Hall–Kier alpha value is -0.960. The second kappa shape index (κ2) is 8.65. The van der Waals surface area contributed by atoms with Gasteiger partial charge in [0, 0.05) is 6.20 Å². The first-order valence-corrected chi connectivity index (χ1v) is 11.9. The van der Waals surface area contributed by atoms with Crippen molar-refractivity contribution in [1.29, 1.82) is 0 Å². The largest absolute Gasteiger partial charge is 0.490 e. The van der Waals surface area contributed by atoms with Crippen LogP contribution in [0.4, 0.5) is 0 Å². The van der Waals surface area contributed by atoms with Gasteiger partial charge in [-0.3, -0.25) is 4.52 Å². The Bertz CT molecular complexity index is 868. The number of rotatable bonds is 8. The van der Waals surface area contributed by atoms with Crippen molar-refractivity contribution in [3.8, 4) is 0 Å². The van der Waals surface area contributed by atoms with Crippen LogP contribution in [0.3, 0.4) is 0 Å². The molecule has 29 heavy (non-hydrogen) atoms. The first kappa shape index (κ1) is 24.3. The van der Waals surface area contributed by atoms with Crippen molar-refractivity contribution in [2.45, 2.75) is 24.6 Å². The summed E-state index contributed by atoms with van der Waals surface area (Å²) in [7, 11) is -16.6. The molecule has 0 spiro atoms. The summed E-state index contributed by atoms with van der Waals surface area (Å²) in [5, 5.41) is 30.1. The SMILES string of the molecule is NC1=NC(O)N([C@@H]2C=C(COP(=O)(O)OP(=O)(O)OP(=O)(O)O)[C@@H](O)[C@H]2O)C=C1. The highest BCUT2D eigenvalue weighted by Crippen LogP contribution is 2.66. The zero-order valence-electron chi connectivity index (χ0n) is 14.1. The molecule has 0 fully saturated rings. The maximum atomic E-state index is 11.7. The van der Waals surface area contributed by atoms with E-state index in [9.17, 15) is 33.9 Å². The number of nitrogens with zero attached hydrogens (tertiary/aromatic N) is 2. The number of phosphoric ester groups is 1. The van der Waals surface area contributed by atoms with Gasteiger partial charge in [0.25, 0.3) is 0 Å². The molecule has 16 nitrogen and oxygen atoms in total. The van der Waals surface area contributed by atoms with Gasteiger partial charge in [0.15, 0.2) is 0 Å². The van der Waals surface area contributed by atoms with Crippen LogP contribution in [0, 0.1) is 0 Å². The summed E-state index contributed by atoms with van der Waals surface area (Å²) in [4.78, 5) is 40.2. The van der Waals surface area contributed by atoms with E-state index in [0.29, 0.717) is 0 Å². The number of aliphatic imine (C=N–C) groups is 1. The maximum Gasteiger partial charge on any atom is 0.490 e. The lowest BCUT2D eigenvalue weighted by molar-refractivity contribution is -0.0368. The van der Waals surface area contributed by atoms with Crippen LogP contribution in [0.2, 0.25) is 0 Å². The van der Waals surface area contributed by atoms with E-state index < -0.39 is 54.7 Å².